The van der Waals surface area contributed by atoms with Gasteiger partial charge in [0.15, 0.2) is 5.82 Å². The summed E-state index contributed by atoms with van der Waals surface area (Å²) in [6.45, 7) is 4.30. The highest BCUT2D eigenvalue weighted by Gasteiger charge is 2.16. The zero-order valence-electron chi connectivity index (χ0n) is 14.9. The van der Waals surface area contributed by atoms with Gasteiger partial charge in [-0.15, -0.1) is 15.3 Å². The Labute approximate surface area is 151 Å². The zero-order valence-corrected chi connectivity index (χ0v) is 14.9. The van der Waals surface area contributed by atoms with Crippen molar-refractivity contribution < 1.29 is 10.2 Å². The van der Waals surface area contributed by atoms with Gasteiger partial charge >= 0.3 is 0 Å². The Morgan fingerprint density at radius 3 is 2.46 bits per heavy atom. The lowest BCUT2D eigenvalue weighted by atomic mass is 10.2. The number of fused-ring (bicyclic) bond motifs is 1. The maximum atomic E-state index is 9.33. The normalized spacial score (nSPS) is 11.5. The number of aromatic nitrogens is 4. The fraction of sp³-hybridized carbons (Fsp3) is 0.389. The van der Waals surface area contributed by atoms with Crippen molar-refractivity contribution in [3.05, 3.63) is 47.8 Å². The molecule has 26 heavy (non-hydrogen) atoms. The van der Waals surface area contributed by atoms with Crippen LogP contribution in [0.3, 0.4) is 0 Å². The molecule has 0 saturated carbocycles. The number of aliphatic hydroxyl groups is 2. The van der Waals surface area contributed by atoms with Crippen LogP contribution < -0.4 is 10.6 Å². The maximum absolute atomic E-state index is 9.33. The van der Waals surface area contributed by atoms with Gasteiger partial charge in [0, 0.05) is 18.5 Å². The third-order valence-electron chi connectivity index (χ3n) is 4.03. The van der Waals surface area contributed by atoms with E-state index < -0.39 is 6.04 Å². The number of nitrogens with zero attached hydrogens (tertiary/aromatic N) is 4. The van der Waals surface area contributed by atoms with E-state index in [1.54, 1.807) is 4.52 Å². The van der Waals surface area contributed by atoms with Crippen LogP contribution >= 0.6 is 0 Å². The molecule has 2 heterocycles. The fourth-order valence-corrected chi connectivity index (χ4v) is 2.61. The van der Waals surface area contributed by atoms with Gasteiger partial charge in [0.1, 0.15) is 5.82 Å². The monoisotopic (exact) mass is 356 g/mol. The minimum Gasteiger partial charge on any atom is -0.394 e. The Bertz CT molecular complexity index is 846. The summed E-state index contributed by atoms with van der Waals surface area (Å²) in [5.41, 5.74) is 2.56. The molecule has 0 atom stereocenters. The minimum absolute atomic E-state index is 0.154. The zero-order chi connectivity index (χ0) is 18.5. The SMILES string of the molecule is CC(C)c1nnc2c(NCc3ccccc3)cc(NC(CO)CO)nn12. The lowest BCUT2D eigenvalue weighted by Crippen LogP contribution is -2.28. The molecule has 0 saturated heterocycles. The molecule has 0 spiro atoms. The molecular weight excluding hydrogens is 332 g/mol. The van der Waals surface area contributed by atoms with E-state index in [-0.39, 0.29) is 19.1 Å². The molecule has 0 aliphatic rings. The van der Waals surface area contributed by atoms with Crippen molar-refractivity contribution >= 4 is 17.2 Å². The minimum atomic E-state index is -0.485. The van der Waals surface area contributed by atoms with Gasteiger partial charge in [-0.25, -0.2) is 0 Å². The van der Waals surface area contributed by atoms with Gasteiger partial charge in [0.05, 0.1) is 24.9 Å². The van der Waals surface area contributed by atoms with Crippen molar-refractivity contribution in [2.75, 3.05) is 23.8 Å². The van der Waals surface area contributed by atoms with Crippen molar-refractivity contribution in [3.63, 3.8) is 0 Å². The molecule has 4 N–H and O–H groups in total. The average Bonchev–Trinajstić information content (AvgIpc) is 3.09. The van der Waals surface area contributed by atoms with Gasteiger partial charge in [0.25, 0.3) is 0 Å². The van der Waals surface area contributed by atoms with E-state index in [0.29, 0.717) is 18.0 Å². The van der Waals surface area contributed by atoms with Crippen LogP contribution in [0.2, 0.25) is 0 Å². The first-order chi connectivity index (χ1) is 12.6. The summed E-state index contributed by atoms with van der Waals surface area (Å²) in [5, 5.41) is 38.1. The average molecular weight is 356 g/mol. The molecule has 138 valence electrons. The Balaban J connectivity index is 1.96. The molecule has 0 aliphatic carbocycles. The van der Waals surface area contributed by atoms with E-state index >= 15 is 0 Å². The van der Waals surface area contributed by atoms with Crippen LogP contribution in [-0.2, 0) is 6.54 Å². The summed E-state index contributed by atoms with van der Waals surface area (Å²) in [6.07, 6.45) is 0. The summed E-state index contributed by atoms with van der Waals surface area (Å²) in [4.78, 5) is 0. The Kier molecular flexibility index (Phi) is 5.65. The lowest BCUT2D eigenvalue weighted by molar-refractivity contribution is 0.203. The smallest absolute Gasteiger partial charge is 0.201 e. The quantitative estimate of drug-likeness (QED) is 0.486. The predicted molar refractivity (Wildman–Crippen MR) is 100 cm³/mol. The second-order valence-electron chi connectivity index (χ2n) is 6.44. The highest BCUT2D eigenvalue weighted by Crippen LogP contribution is 2.23. The van der Waals surface area contributed by atoms with Crippen LogP contribution in [0.25, 0.3) is 5.65 Å². The summed E-state index contributed by atoms with van der Waals surface area (Å²) < 4.78 is 1.70. The van der Waals surface area contributed by atoms with Gasteiger partial charge in [-0.3, -0.25) is 0 Å². The van der Waals surface area contributed by atoms with E-state index in [1.807, 2.05) is 50.2 Å². The number of benzene rings is 1. The van der Waals surface area contributed by atoms with Crippen LogP contribution in [0.15, 0.2) is 36.4 Å². The van der Waals surface area contributed by atoms with Crippen molar-refractivity contribution in [2.45, 2.75) is 32.4 Å². The second kappa shape index (κ2) is 8.11. The first kappa shape index (κ1) is 18.1. The van der Waals surface area contributed by atoms with Gasteiger partial charge in [-0.1, -0.05) is 44.2 Å². The largest absolute Gasteiger partial charge is 0.394 e. The van der Waals surface area contributed by atoms with Crippen molar-refractivity contribution in [2.24, 2.45) is 0 Å². The molecule has 0 bridgehead atoms. The molecule has 0 radical (unpaired) electrons. The molecule has 0 amide bonds. The second-order valence-corrected chi connectivity index (χ2v) is 6.44. The molecule has 8 nitrogen and oxygen atoms in total. The molecule has 0 aliphatic heterocycles. The summed E-state index contributed by atoms with van der Waals surface area (Å²) >= 11 is 0. The molecule has 0 unspecified atom stereocenters. The van der Waals surface area contributed by atoms with Crippen LogP contribution in [-0.4, -0.2) is 49.3 Å². The Morgan fingerprint density at radius 2 is 1.81 bits per heavy atom. The number of hydrogen-bond acceptors (Lipinski definition) is 7. The fourth-order valence-electron chi connectivity index (χ4n) is 2.61. The van der Waals surface area contributed by atoms with Crippen LogP contribution in [0.5, 0.6) is 0 Å². The first-order valence-corrected chi connectivity index (χ1v) is 8.64. The van der Waals surface area contributed by atoms with Crippen molar-refractivity contribution in [1.29, 1.82) is 0 Å². The van der Waals surface area contributed by atoms with Gasteiger partial charge < -0.3 is 20.8 Å². The van der Waals surface area contributed by atoms with Crippen LogP contribution in [0.1, 0.15) is 31.2 Å². The Morgan fingerprint density at radius 1 is 1.08 bits per heavy atom. The maximum Gasteiger partial charge on any atom is 0.201 e. The molecule has 3 rings (SSSR count). The van der Waals surface area contributed by atoms with Crippen molar-refractivity contribution in [1.82, 2.24) is 19.8 Å². The Hall–Kier alpha value is -2.71. The predicted octanol–water partition coefficient (Wildman–Crippen LogP) is 1.62. The number of rotatable bonds is 8. The highest BCUT2D eigenvalue weighted by molar-refractivity contribution is 5.70. The van der Waals surface area contributed by atoms with Crippen LogP contribution in [0.4, 0.5) is 11.5 Å². The van der Waals surface area contributed by atoms with Crippen molar-refractivity contribution in [3.8, 4) is 0 Å². The standard InChI is InChI=1S/C18H24N6O2/c1-12(2)17-21-22-18-15(19-9-13-6-4-3-5-7-13)8-16(23-24(17)18)20-14(10-25)11-26/h3-8,12,14,19,25-26H,9-11H2,1-2H3,(H,20,23). The van der Waals surface area contributed by atoms with Gasteiger partial charge in [0.2, 0.25) is 5.65 Å². The van der Waals surface area contributed by atoms with E-state index in [9.17, 15) is 10.2 Å². The summed E-state index contributed by atoms with van der Waals surface area (Å²) in [5.74, 6) is 1.43. The first-order valence-electron chi connectivity index (χ1n) is 8.64. The molecule has 1 aromatic carbocycles. The molecule has 8 heteroatoms. The third kappa shape index (κ3) is 3.92. The van der Waals surface area contributed by atoms with E-state index in [4.69, 9.17) is 0 Å². The van der Waals surface area contributed by atoms with Gasteiger partial charge in [-0.05, 0) is 5.56 Å². The summed E-state index contributed by atoms with van der Waals surface area (Å²) in [6, 6.07) is 11.4. The number of hydrogen-bond donors (Lipinski definition) is 4. The van der Waals surface area contributed by atoms with Crippen LogP contribution in [0, 0.1) is 0 Å². The van der Waals surface area contributed by atoms with E-state index in [0.717, 1.165) is 17.1 Å². The topological polar surface area (TPSA) is 108 Å². The highest BCUT2D eigenvalue weighted by atomic mass is 16.3. The third-order valence-corrected chi connectivity index (χ3v) is 4.03. The lowest BCUT2D eigenvalue weighted by Gasteiger charge is -2.16. The molecular formula is C18H24N6O2. The van der Waals surface area contributed by atoms with E-state index in [2.05, 4.69) is 25.9 Å². The molecule has 0 fully saturated rings. The number of nitrogens with one attached hydrogen (secondary N) is 2. The van der Waals surface area contributed by atoms with Gasteiger partial charge in [-0.2, -0.15) is 4.52 Å². The van der Waals surface area contributed by atoms with E-state index in [1.165, 1.54) is 0 Å². The summed E-state index contributed by atoms with van der Waals surface area (Å²) in [7, 11) is 0. The number of aliphatic hydroxyl groups excluding tert-OH is 2. The number of anilines is 2. The molecule has 3 aromatic rings. The molecule has 2 aromatic heterocycles.